The topological polar surface area (TPSA) is 72.9 Å². The van der Waals surface area contributed by atoms with Gasteiger partial charge in [0.2, 0.25) is 5.91 Å². The molecule has 0 N–H and O–H groups in total. The van der Waals surface area contributed by atoms with Gasteiger partial charge in [0.25, 0.3) is 0 Å². The number of hydrogen-bond donors (Lipinski definition) is 0. The van der Waals surface area contributed by atoms with E-state index in [9.17, 15) is 14.4 Å². The summed E-state index contributed by atoms with van der Waals surface area (Å²) < 4.78 is 10.1. The fourth-order valence-electron chi connectivity index (χ4n) is 3.75. The number of methoxy groups -OCH3 is 1. The van der Waals surface area contributed by atoms with E-state index < -0.39 is 11.9 Å². The molecule has 6 nitrogen and oxygen atoms in total. The zero-order valence-corrected chi connectivity index (χ0v) is 17.7. The van der Waals surface area contributed by atoms with Crippen molar-refractivity contribution in [3.05, 3.63) is 95.2 Å². The van der Waals surface area contributed by atoms with Gasteiger partial charge in [0.15, 0.2) is 0 Å². The lowest BCUT2D eigenvalue weighted by Crippen LogP contribution is -2.38. The van der Waals surface area contributed by atoms with Gasteiger partial charge in [0.05, 0.1) is 24.8 Å². The molecule has 1 atom stereocenters. The molecule has 2 aromatic carbocycles. The maximum Gasteiger partial charge on any atom is 0.337 e. The summed E-state index contributed by atoms with van der Waals surface area (Å²) in [6.45, 7) is 5.66. The summed E-state index contributed by atoms with van der Waals surface area (Å²) in [4.78, 5) is 39.4. The minimum absolute atomic E-state index is 0.0895. The van der Waals surface area contributed by atoms with Crippen LogP contribution in [0.4, 0.5) is 0 Å². The van der Waals surface area contributed by atoms with E-state index in [4.69, 9.17) is 9.47 Å². The molecular formula is C25H25NO5. The molecule has 1 aliphatic heterocycles. The molecule has 0 bridgehead atoms. The SMILES string of the molecule is C=CCOC(=O)C1=C(C)N(Cc2cccc(C(=O)OC)c2)C(=O)CC1c1ccccc1. The van der Waals surface area contributed by atoms with Crippen molar-refractivity contribution in [2.75, 3.05) is 13.7 Å². The molecule has 0 saturated heterocycles. The predicted molar refractivity (Wildman–Crippen MR) is 116 cm³/mol. The smallest absolute Gasteiger partial charge is 0.337 e. The van der Waals surface area contributed by atoms with Gasteiger partial charge >= 0.3 is 11.9 Å². The molecule has 1 aliphatic rings. The van der Waals surface area contributed by atoms with Gasteiger partial charge in [-0.1, -0.05) is 55.1 Å². The summed E-state index contributed by atoms with van der Waals surface area (Å²) in [6, 6.07) is 16.4. The number of hydrogen-bond acceptors (Lipinski definition) is 5. The Hall–Kier alpha value is -3.67. The number of allylic oxidation sites excluding steroid dienone is 1. The average Bonchev–Trinajstić information content (AvgIpc) is 2.80. The minimum atomic E-state index is -0.466. The highest BCUT2D eigenvalue weighted by Gasteiger charge is 2.36. The fraction of sp³-hybridized carbons (Fsp3) is 0.240. The van der Waals surface area contributed by atoms with Crippen LogP contribution in [-0.2, 0) is 25.6 Å². The molecule has 6 heteroatoms. The molecule has 1 heterocycles. The summed E-state index contributed by atoms with van der Waals surface area (Å²) in [5.41, 5.74) is 3.04. The van der Waals surface area contributed by atoms with E-state index in [1.807, 2.05) is 36.4 Å². The summed E-state index contributed by atoms with van der Waals surface area (Å²) in [5.74, 6) is -1.40. The van der Waals surface area contributed by atoms with Gasteiger partial charge in [-0.25, -0.2) is 9.59 Å². The van der Waals surface area contributed by atoms with Crippen LogP contribution in [0.15, 0.2) is 78.5 Å². The van der Waals surface area contributed by atoms with Gasteiger partial charge in [0.1, 0.15) is 6.61 Å². The fourth-order valence-corrected chi connectivity index (χ4v) is 3.75. The normalized spacial score (nSPS) is 16.1. The number of nitrogens with zero attached hydrogens (tertiary/aromatic N) is 1. The zero-order valence-electron chi connectivity index (χ0n) is 17.7. The second-order valence-corrected chi connectivity index (χ2v) is 7.23. The molecule has 0 radical (unpaired) electrons. The third kappa shape index (κ3) is 4.91. The van der Waals surface area contributed by atoms with E-state index in [0.29, 0.717) is 16.8 Å². The van der Waals surface area contributed by atoms with Crippen molar-refractivity contribution >= 4 is 17.8 Å². The van der Waals surface area contributed by atoms with Crippen LogP contribution in [0.2, 0.25) is 0 Å². The third-order valence-corrected chi connectivity index (χ3v) is 5.27. The van der Waals surface area contributed by atoms with E-state index in [2.05, 4.69) is 6.58 Å². The van der Waals surface area contributed by atoms with Gasteiger partial charge in [-0.15, -0.1) is 0 Å². The van der Waals surface area contributed by atoms with Crippen molar-refractivity contribution in [3.8, 4) is 0 Å². The second-order valence-electron chi connectivity index (χ2n) is 7.23. The first-order valence-electron chi connectivity index (χ1n) is 9.97. The van der Waals surface area contributed by atoms with E-state index in [0.717, 1.165) is 11.1 Å². The molecular weight excluding hydrogens is 394 g/mol. The van der Waals surface area contributed by atoms with Crippen LogP contribution >= 0.6 is 0 Å². The Morgan fingerprint density at radius 2 is 1.87 bits per heavy atom. The van der Waals surface area contributed by atoms with E-state index in [1.54, 1.807) is 30.0 Å². The first-order valence-corrected chi connectivity index (χ1v) is 9.97. The number of benzene rings is 2. The van der Waals surface area contributed by atoms with Gasteiger partial charge < -0.3 is 14.4 Å². The van der Waals surface area contributed by atoms with E-state index in [1.165, 1.54) is 13.2 Å². The van der Waals surface area contributed by atoms with Gasteiger partial charge in [0, 0.05) is 18.0 Å². The first-order chi connectivity index (χ1) is 15.0. The summed E-state index contributed by atoms with van der Waals surface area (Å²) in [7, 11) is 1.32. The molecule has 160 valence electrons. The zero-order chi connectivity index (χ0) is 22.4. The number of rotatable bonds is 7. The Bertz CT molecular complexity index is 1030. The van der Waals surface area contributed by atoms with E-state index >= 15 is 0 Å². The number of carbonyl (C=O) groups excluding carboxylic acids is 3. The Balaban J connectivity index is 1.99. The quantitative estimate of drug-likeness (QED) is 0.501. The first kappa shape index (κ1) is 22.0. The Kier molecular flexibility index (Phi) is 7.03. The lowest BCUT2D eigenvalue weighted by Gasteiger charge is -2.34. The van der Waals surface area contributed by atoms with Crippen molar-refractivity contribution in [1.29, 1.82) is 0 Å². The standard InChI is InChI=1S/C25H25NO5/c1-4-13-31-25(29)23-17(2)26(16-18-9-8-12-20(14-18)24(28)30-3)22(27)15-21(23)19-10-6-5-7-11-19/h4-12,14,21H,1,13,15-16H2,2-3H3. The second kappa shape index (κ2) is 9.89. The van der Waals surface area contributed by atoms with Crippen molar-refractivity contribution in [1.82, 2.24) is 4.90 Å². The number of esters is 2. The molecule has 31 heavy (non-hydrogen) atoms. The van der Waals surface area contributed by atoms with Crippen LogP contribution in [-0.4, -0.2) is 36.5 Å². The summed E-state index contributed by atoms with van der Waals surface area (Å²) >= 11 is 0. The van der Waals surface area contributed by atoms with Crippen LogP contribution in [0.1, 0.15) is 40.7 Å². The molecule has 2 aromatic rings. The van der Waals surface area contributed by atoms with Crippen molar-refractivity contribution in [3.63, 3.8) is 0 Å². The summed E-state index contributed by atoms with van der Waals surface area (Å²) in [6.07, 6.45) is 1.66. The predicted octanol–water partition coefficient (Wildman–Crippen LogP) is 3.99. The highest BCUT2D eigenvalue weighted by molar-refractivity contribution is 5.96. The summed E-state index contributed by atoms with van der Waals surface area (Å²) in [5, 5.41) is 0. The average molecular weight is 419 g/mol. The molecule has 0 aliphatic carbocycles. The lowest BCUT2D eigenvalue weighted by atomic mass is 9.83. The Labute approximate surface area is 181 Å². The van der Waals surface area contributed by atoms with Crippen LogP contribution in [0.5, 0.6) is 0 Å². The lowest BCUT2D eigenvalue weighted by molar-refractivity contribution is -0.139. The number of ether oxygens (including phenoxy) is 2. The maximum atomic E-state index is 13.1. The van der Waals surface area contributed by atoms with Crippen LogP contribution in [0.3, 0.4) is 0 Å². The largest absolute Gasteiger partial charge is 0.465 e. The molecule has 3 rings (SSSR count). The van der Waals surface area contributed by atoms with Crippen LogP contribution in [0.25, 0.3) is 0 Å². The van der Waals surface area contributed by atoms with Crippen LogP contribution in [0, 0.1) is 0 Å². The molecule has 0 fully saturated rings. The monoisotopic (exact) mass is 419 g/mol. The van der Waals surface area contributed by atoms with Crippen LogP contribution < -0.4 is 0 Å². The van der Waals surface area contributed by atoms with E-state index in [-0.39, 0.29) is 31.4 Å². The third-order valence-electron chi connectivity index (χ3n) is 5.27. The Morgan fingerprint density at radius 1 is 1.13 bits per heavy atom. The van der Waals surface area contributed by atoms with Crippen molar-refractivity contribution < 1.29 is 23.9 Å². The molecule has 0 aromatic heterocycles. The highest BCUT2D eigenvalue weighted by Crippen LogP contribution is 2.37. The highest BCUT2D eigenvalue weighted by atomic mass is 16.5. The van der Waals surface area contributed by atoms with Crippen molar-refractivity contribution in [2.45, 2.75) is 25.8 Å². The molecule has 1 amide bonds. The van der Waals surface area contributed by atoms with Crippen molar-refractivity contribution in [2.24, 2.45) is 0 Å². The number of amides is 1. The molecule has 0 saturated carbocycles. The maximum absolute atomic E-state index is 13.1. The van der Waals surface area contributed by atoms with Gasteiger partial charge in [-0.3, -0.25) is 4.79 Å². The van der Waals surface area contributed by atoms with Gasteiger partial charge in [-0.2, -0.15) is 0 Å². The number of carbonyl (C=O) groups is 3. The Morgan fingerprint density at radius 3 is 2.55 bits per heavy atom. The molecule has 0 spiro atoms. The molecule has 1 unspecified atom stereocenters. The van der Waals surface area contributed by atoms with Gasteiger partial charge in [-0.05, 0) is 30.2 Å². The minimum Gasteiger partial charge on any atom is -0.465 e.